The average molecular weight is 146 g/mol. The highest BCUT2D eigenvalue weighted by Gasteiger charge is 1.91. The van der Waals surface area contributed by atoms with Gasteiger partial charge in [-0.2, -0.15) is 4.99 Å². The maximum Gasteiger partial charge on any atom is 0.345 e. The molecule has 5 heteroatoms. The molecule has 0 rings (SSSR count). The van der Waals surface area contributed by atoms with Crippen LogP contribution in [0.15, 0.2) is 4.99 Å². The molecule has 0 radical (unpaired) electrons. The minimum atomic E-state index is -0.483. The molecule has 0 aromatic heterocycles. The molecule has 0 fully saturated rings. The molecule has 10 heavy (non-hydrogen) atoms. The van der Waals surface area contributed by atoms with E-state index in [-0.39, 0.29) is 6.73 Å². The SMILES string of the molecule is COC=NC(=O)NCOC. The van der Waals surface area contributed by atoms with E-state index in [0.717, 1.165) is 6.40 Å². The molecule has 0 unspecified atom stereocenters. The van der Waals surface area contributed by atoms with Gasteiger partial charge in [-0.15, -0.1) is 0 Å². The van der Waals surface area contributed by atoms with Crippen molar-refractivity contribution in [2.24, 2.45) is 4.99 Å². The molecule has 0 spiro atoms. The number of aliphatic imine (C=N–C) groups is 1. The summed E-state index contributed by atoms with van der Waals surface area (Å²) in [5, 5.41) is 2.33. The second-order valence-electron chi connectivity index (χ2n) is 1.39. The van der Waals surface area contributed by atoms with Crippen molar-refractivity contribution in [2.75, 3.05) is 21.0 Å². The largest absolute Gasteiger partial charge is 0.486 e. The van der Waals surface area contributed by atoms with Gasteiger partial charge in [0, 0.05) is 7.11 Å². The van der Waals surface area contributed by atoms with Crippen LogP contribution in [0.2, 0.25) is 0 Å². The Morgan fingerprint density at radius 3 is 2.90 bits per heavy atom. The van der Waals surface area contributed by atoms with Gasteiger partial charge in [0.15, 0.2) is 6.40 Å². The summed E-state index contributed by atoms with van der Waals surface area (Å²) in [4.78, 5) is 13.8. The Bertz CT molecular complexity index is 124. The van der Waals surface area contributed by atoms with Crippen molar-refractivity contribution < 1.29 is 14.3 Å². The quantitative estimate of drug-likeness (QED) is 0.345. The Morgan fingerprint density at radius 2 is 2.40 bits per heavy atom. The molecule has 0 saturated carbocycles. The molecule has 1 N–H and O–H groups in total. The first-order valence-corrected chi connectivity index (χ1v) is 2.63. The number of carbonyl (C=O) groups is 1. The molecule has 0 aromatic rings. The fourth-order valence-electron chi connectivity index (χ4n) is 0.280. The van der Waals surface area contributed by atoms with E-state index >= 15 is 0 Å². The van der Waals surface area contributed by atoms with E-state index in [9.17, 15) is 4.79 Å². The van der Waals surface area contributed by atoms with E-state index in [1.165, 1.54) is 14.2 Å². The lowest BCUT2D eigenvalue weighted by Gasteiger charge is -1.96. The lowest BCUT2D eigenvalue weighted by Crippen LogP contribution is -2.21. The molecular formula is C5H10N2O3. The van der Waals surface area contributed by atoms with Gasteiger partial charge in [-0.25, -0.2) is 4.79 Å². The van der Waals surface area contributed by atoms with Crippen molar-refractivity contribution in [3.05, 3.63) is 0 Å². The van der Waals surface area contributed by atoms with Crippen molar-refractivity contribution in [3.8, 4) is 0 Å². The number of urea groups is 1. The Labute approximate surface area is 59.0 Å². The molecule has 0 bridgehead atoms. The summed E-state index contributed by atoms with van der Waals surface area (Å²) >= 11 is 0. The maximum absolute atomic E-state index is 10.5. The normalized spacial score (nSPS) is 9.80. The number of rotatable bonds is 3. The number of methoxy groups -OCH3 is 2. The van der Waals surface area contributed by atoms with Crippen molar-refractivity contribution in [1.82, 2.24) is 5.32 Å². The number of carbonyl (C=O) groups excluding carboxylic acids is 1. The summed E-state index contributed by atoms with van der Waals surface area (Å²) in [7, 11) is 2.88. The van der Waals surface area contributed by atoms with Crippen LogP contribution in [0, 0.1) is 0 Å². The molecule has 58 valence electrons. The smallest absolute Gasteiger partial charge is 0.345 e. The molecule has 0 atom stereocenters. The summed E-state index contributed by atoms with van der Waals surface area (Å²) in [5.41, 5.74) is 0. The average Bonchev–Trinajstić information content (AvgIpc) is 1.97. The second-order valence-corrected chi connectivity index (χ2v) is 1.39. The van der Waals surface area contributed by atoms with Crippen LogP contribution in [0.1, 0.15) is 0 Å². The first-order chi connectivity index (χ1) is 4.81. The van der Waals surface area contributed by atoms with E-state index in [2.05, 4.69) is 19.8 Å². The standard InChI is InChI=1S/C5H10N2O3/c1-9-3-6-5(8)7-4-10-2/h3H,4H2,1-2H3,(H,7,8). The highest BCUT2D eigenvalue weighted by Crippen LogP contribution is 1.71. The fourth-order valence-corrected chi connectivity index (χ4v) is 0.280. The topological polar surface area (TPSA) is 59.9 Å². The molecule has 0 aliphatic carbocycles. The number of nitrogens with one attached hydrogen (secondary N) is 1. The van der Waals surface area contributed by atoms with Crippen LogP contribution >= 0.6 is 0 Å². The zero-order valence-corrected chi connectivity index (χ0v) is 5.96. The Kier molecular flexibility index (Phi) is 5.36. The number of amides is 2. The summed E-state index contributed by atoms with van der Waals surface area (Å²) < 4.78 is 8.94. The van der Waals surface area contributed by atoms with E-state index in [0.29, 0.717) is 0 Å². The van der Waals surface area contributed by atoms with E-state index in [1.54, 1.807) is 0 Å². The first kappa shape index (κ1) is 8.90. The lowest BCUT2D eigenvalue weighted by molar-refractivity contribution is 0.175. The lowest BCUT2D eigenvalue weighted by atomic mass is 11.0. The Morgan fingerprint density at radius 1 is 1.70 bits per heavy atom. The number of hydrogen-bond acceptors (Lipinski definition) is 3. The van der Waals surface area contributed by atoms with E-state index in [1.807, 2.05) is 0 Å². The zero-order valence-electron chi connectivity index (χ0n) is 5.96. The van der Waals surface area contributed by atoms with Gasteiger partial charge in [0.1, 0.15) is 6.73 Å². The molecular weight excluding hydrogens is 136 g/mol. The van der Waals surface area contributed by atoms with Crippen molar-refractivity contribution in [2.45, 2.75) is 0 Å². The van der Waals surface area contributed by atoms with E-state index in [4.69, 9.17) is 0 Å². The predicted molar refractivity (Wildman–Crippen MR) is 35.9 cm³/mol. The summed E-state index contributed by atoms with van der Waals surface area (Å²) in [6.07, 6.45) is 1.05. The minimum absolute atomic E-state index is 0.153. The first-order valence-electron chi connectivity index (χ1n) is 2.63. The highest BCUT2D eigenvalue weighted by atomic mass is 16.5. The van der Waals surface area contributed by atoms with Gasteiger partial charge in [-0.05, 0) is 0 Å². The third-order valence-electron chi connectivity index (χ3n) is 0.643. The molecule has 0 aromatic carbocycles. The Hall–Kier alpha value is -1.10. The molecule has 0 heterocycles. The van der Waals surface area contributed by atoms with Crippen molar-refractivity contribution in [1.29, 1.82) is 0 Å². The number of ether oxygens (including phenoxy) is 2. The predicted octanol–water partition coefficient (Wildman–Crippen LogP) is -0.0254. The van der Waals surface area contributed by atoms with Gasteiger partial charge in [-0.3, -0.25) is 0 Å². The summed E-state index contributed by atoms with van der Waals surface area (Å²) in [6.45, 7) is 0.153. The molecule has 0 aliphatic heterocycles. The van der Waals surface area contributed by atoms with Crippen LogP contribution in [-0.4, -0.2) is 33.4 Å². The summed E-state index contributed by atoms with van der Waals surface area (Å²) in [5.74, 6) is 0. The van der Waals surface area contributed by atoms with Crippen LogP contribution in [0.5, 0.6) is 0 Å². The van der Waals surface area contributed by atoms with Crippen LogP contribution < -0.4 is 5.32 Å². The van der Waals surface area contributed by atoms with Gasteiger partial charge in [0.05, 0.1) is 7.11 Å². The molecule has 5 nitrogen and oxygen atoms in total. The molecule has 0 aliphatic rings. The van der Waals surface area contributed by atoms with Crippen molar-refractivity contribution in [3.63, 3.8) is 0 Å². The van der Waals surface area contributed by atoms with Gasteiger partial charge in [-0.1, -0.05) is 0 Å². The van der Waals surface area contributed by atoms with Crippen LogP contribution in [0.25, 0.3) is 0 Å². The van der Waals surface area contributed by atoms with Gasteiger partial charge >= 0.3 is 6.03 Å². The monoisotopic (exact) mass is 146 g/mol. The molecule has 2 amide bonds. The maximum atomic E-state index is 10.5. The fraction of sp³-hybridized carbons (Fsp3) is 0.600. The van der Waals surface area contributed by atoms with Gasteiger partial charge < -0.3 is 14.8 Å². The van der Waals surface area contributed by atoms with Gasteiger partial charge in [0.2, 0.25) is 0 Å². The van der Waals surface area contributed by atoms with E-state index < -0.39 is 6.03 Å². The minimum Gasteiger partial charge on any atom is -0.486 e. The second kappa shape index (κ2) is 6.03. The van der Waals surface area contributed by atoms with Crippen LogP contribution in [0.3, 0.4) is 0 Å². The van der Waals surface area contributed by atoms with Crippen molar-refractivity contribution >= 4 is 12.4 Å². The number of nitrogens with zero attached hydrogens (tertiary/aromatic N) is 1. The third kappa shape index (κ3) is 5.04. The van der Waals surface area contributed by atoms with Crippen LogP contribution in [0.4, 0.5) is 4.79 Å². The summed E-state index contributed by atoms with van der Waals surface area (Å²) in [6, 6.07) is -0.483. The number of hydrogen-bond donors (Lipinski definition) is 1. The third-order valence-corrected chi connectivity index (χ3v) is 0.643. The highest BCUT2D eigenvalue weighted by molar-refractivity contribution is 5.81. The van der Waals surface area contributed by atoms with Gasteiger partial charge in [0.25, 0.3) is 0 Å². The molecule has 0 saturated heterocycles. The zero-order chi connectivity index (χ0) is 7.82. The van der Waals surface area contributed by atoms with Crippen LogP contribution in [-0.2, 0) is 9.47 Å². The Balaban J connectivity index is 3.34.